The molecule has 0 bridgehead atoms. The second-order valence-electron chi connectivity index (χ2n) is 7.49. The van der Waals surface area contributed by atoms with Crippen molar-refractivity contribution in [1.82, 2.24) is 0 Å². The van der Waals surface area contributed by atoms with Crippen LogP contribution in [0.3, 0.4) is 0 Å². The lowest BCUT2D eigenvalue weighted by Crippen LogP contribution is -2.11. The van der Waals surface area contributed by atoms with Gasteiger partial charge < -0.3 is 20.2 Å². The maximum absolute atomic E-state index is 9.02. The van der Waals surface area contributed by atoms with Gasteiger partial charge in [-0.15, -0.1) is 0 Å². The van der Waals surface area contributed by atoms with Crippen LogP contribution in [-0.4, -0.2) is 46.4 Å². The fourth-order valence-electron chi connectivity index (χ4n) is 3.31. The van der Waals surface area contributed by atoms with Gasteiger partial charge in [0.15, 0.2) is 0 Å². The van der Waals surface area contributed by atoms with Crippen LogP contribution in [0.4, 0.5) is 17.1 Å². The van der Waals surface area contributed by atoms with Gasteiger partial charge >= 0.3 is 0 Å². The Labute approximate surface area is 174 Å². The molecule has 0 aliphatic carbocycles. The molecular weight excluding hydrogens is 358 g/mol. The summed E-state index contributed by atoms with van der Waals surface area (Å²) in [6.45, 7) is 0.670. The Morgan fingerprint density at radius 3 is 1.38 bits per heavy atom. The zero-order valence-corrected chi connectivity index (χ0v) is 17.7. The number of aliphatic hydroxyl groups is 1. The summed E-state index contributed by atoms with van der Waals surface area (Å²) in [4.78, 5) is 4.22. The first-order valence-electron chi connectivity index (χ1n) is 9.87. The lowest BCUT2D eigenvalue weighted by molar-refractivity contribution is 0.311. The van der Waals surface area contributed by atoms with Crippen LogP contribution in [0.25, 0.3) is 0 Å². The third-order valence-electron chi connectivity index (χ3n) is 4.96. The Morgan fingerprint density at radius 2 is 1.03 bits per heavy atom. The smallest absolute Gasteiger partial charge is 0.0604 e. The van der Waals surface area contributed by atoms with Crippen LogP contribution in [0.5, 0.6) is 0 Å². The Balaban J connectivity index is 1.98. The van der Waals surface area contributed by atoms with Crippen molar-refractivity contribution in [2.24, 2.45) is 0 Å². The summed E-state index contributed by atoms with van der Waals surface area (Å²) in [7, 11) is 8.21. The monoisotopic (exact) mass is 388 g/mol. The summed E-state index contributed by atoms with van der Waals surface area (Å²) >= 11 is 0. The minimum Gasteiger partial charge on any atom is -0.395 e. The molecular formula is C25H30N3O-. The zero-order chi connectivity index (χ0) is 20.8. The van der Waals surface area contributed by atoms with Crippen molar-refractivity contribution in [3.05, 3.63) is 95.4 Å². The van der Waals surface area contributed by atoms with E-state index >= 15 is 0 Å². The summed E-state index contributed by atoms with van der Waals surface area (Å²) in [6, 6.07) is 25.7. The molecule has 4 nitrogen and oxygen atoms in total. The summed E-state index contributed by atoms with van der Waals surface area (Å²) in [5.41, 5.74) is 6.90. The number of nitrogens with one attached hydrogen (secondary N) is 1. The molecule has 0 atom stereocenters. The van der Waals surface area contributed by atoms with E-state index in [1.54, 1.807) is 0 Å². The third kappa shape index (κ3) is 5.04. The first-order valence-corrected chi connectivity index (χ1v) is 9.87. The minimum atomic E-state index is 0.121. The molecule has 4 heteroatoms. The van der Waals surface area contributed by atoms with Crippen molar-refractivity contribution in [2.75, 3.05) is 56.5 Å². The van der Waals surface area contributed by atoms with E-state index in [1.165, 1.54) is 28.4 Å². The number of benzene rings is 3. The topological polar surface area (TPSA) is 38.7 Å². The fourth-order valence-corrected chi connectivity index (χ4v) is 3.31. The van der Waals surface area contributed by atoms with Crippen LogP contribution in [0.1, 0.15) is 16.7 Å². The molecule has 0 unspecified atom stereocenters. The van der Waals surface area contributed by atoms with E-state index < -0.39 is 0 Å². The highest BCUT2D eigenvalue weighted by molar-refractivity contribution is 5.63. The first-order chi connectivity index (χ1) is 14.0. The van der Waals surface area contributed by atoms with Crippen molar-refractivity contribution in [3.63, 3.8) is 0 Å². The summed E-state index contributed by atoms with van der Waals surface area (Å²) in [5, 5.41) is 12.2. The lowest BCUT2D eigenvalue weighted by atomic mass is 9.85. The number of anilines is 3. The van der Waals surface area contributed by atoms with Gasteiger partial charge in [-0.2, -0.15) is 0 Å². The SMILES string of the molecule is CN(C)c1ccc([C-](c2ccc(NCCO)cc2)c2ccc(N(C)C)cc2)cc1. The quantitative estimate of drug-likeness (QED) is 0.447. The maximum atomic E-state index is 9.02. The van der Waals surface area contributed by atoms with Crippen LogP contribution in [0, 0.1) is 5.92 Å². The first kappa shape index (κ1) is 20.6. The Hall–Kier alpha value is -3.11. The number of hydrogen-bond acceptors (Lipinski definition) is 4. The number of rotatable bonds is 8. The van der Waals surface area contributed by atoms with E-state index in [0.717, 1.165) is 11.3 Å². The molecule has 0 aliphatic heterocycles. The Bertz CT molecular complexity index is 833. The van der Waals surface area contributed by atoms with E-state index in [1.807, 2.05) is 0 Å². The van der Waals surface area contributed by atoms with Crippen LogP contribution >= 0.6 is 0 Å². The van der Waals surface area contributed by atoms with Crippen LogP contribution in [0.15, 0.2) is 72.8 Å². The van der Waals surface area contributed by atoms with Crippen molar-refractivity contribution >= 4 is 17.1 Å². The molecule has 2 N–H and O–H groups in total. The van der Waals surface area contributed by atoms with Gasteiger partial charge in [-0.3, -0.25) is 0 Å². The normalized spacial score (nSPS) is 10.5. The summed E-state index contributed by atoms with van der Waals surface area (Å²) in [5.74, 6) is 1.20. The average molecular weight is 389 g/mol. The highest BCUT2D eigenvalue weighted by Crippen LogP contribution is 2.33. The van der Waals surface area contributed by atoms with E-state index in [4.69, 9.17) is 5.11 Å². The van der Waals surface area contributed by atoms with Gasteiger partial charge in [0.2, 0.25) is 0 Å². The summed E-state index contributed by atoms with van der Waals surface area (Å²) < 4.78 is 0. The Morgan fingerprint density at radius 1 is 0.655 bits per heavy atom. The molecule has 0 aliphatic rings. The van der Waals surface area contributed by atoms with Gasteiger partial charge in [-0.25, -0.2) is 0 Å². The van der Waals surface area contributed by atoms with E-state index in [0.29, 0.717) is 6.54 Å². The molecule has 152 valence electrons. The molecule has 29 heavy (non-hydrogen) atoms. The van der Waals surface area contributed by atoms with Crippen molar-refractivity contribution in [2.45, 2.75) is 0 Å². The zero-order valence-electron chi connectivity index (χ0n) is 17.7. The maximum Gasteiger partial charge on any atom is 0.0604 e. The molecule has 3 aromatic carbocycles. The van der Waals surface area contributed by atoms with Gasteiger partial charge in [0.1, 0.15) is 0 Å². The van der Waals surface area contributed by atoms with Crippen LogP contribution in [-0.2, 0) is 0 Å². The van der Waals surface area contributed by atoms with Gasteiger partial charge in [-0.05, 0) is 0 Å². The van der Waals surface area contributed by atoms with Crippen LogP contribution < -0.4 is 15.1 Å². The van der Waals surface area contributed by atoms with Crippen LogP contribution in [0.2, 0.25) is 0 Å². The second-order valence-corrected chi connectivity index (χ2v) is 7.49. The number of nitrogens with zero attached hydrogens (tertiary/aromatic N) is 2. The van der Waals surface area contributed by atoms with E-state index in [9.17, 15) is 0 Å². The highest BCUT2D eigenvalue weighted by Gasteiger charge is 2.11. The van der Waals surface area contributed by atoms with Crippen molar-refractivity contribution in [3.8, 4) is 0 Å². The molecule has 0 radical (unpaired) electrons. The largest absolute Gasteiger partial charge is 0.395 e. The Kier molecular flexibility index (Phi) is 6.68. The summed E-state index contributed by atoms with van der Waals surface area (Å²) in [6.07, 6.45) is 0. The molecule has 0 amide bonds. The molecule has 3 aromatic rings. The van der Waals surface area contributed by atoms with Crippen molar-refractivity contribution in [1.29, 1.82) is 0 Å². The fraction of sp³-hybridized carbons (Fsp3) is 0.240. The lowest BCUT2D eigenvalue weighted by Gasteiger charge is -2.27. The van der Waals surface area contributed by atoms with Gasteiger partial charge in [-0.1, -0.05) is 95.4 Å². The second kappa shape index (κ2) is 9.39. The van der Waals surface area contributed by atoms with Gasteiger partial charge in [0.05, 0.1) is 6.61 Å². The molecule has 0 saturated carbocycles. The molecule has 0 aromatic heterocycles. The molecule has 0 fully saturated rings. The van der Waals surface area contributed by atoms with Gasteiger partial charge in [0, 0.05) is 51.8 Å². The predicted octanol–water partition coefficient (Wildman–Crippen LogP) is 4.24. The predicted molar refractivity (Wildman–Crippen MR) is 124 cm³/mol. The van der Waals surface area contributed by atoms with Crippen molar-refractivity contribution < 1.29 is 5.11 Å². The van der Waals surface area contributed by atoms with E-state index in [2.05, 4.69) is 116 Å². The van der Waals surface area contributed by atoms with Gasteiger partial charge in [0.25, 0.3) is 0 Å². The highest BCUT2D eigenvalue weighted by atomic mass is 16.3. The molecule has 0 heterocycles. The third-order valence-corrected chi connectivity index (χ3v) is 4.96. The average Bonchev–Trinajstić information content (AvgIpc) is 2.74. The minimum absolute atomic E-state index is 0.121. The van der Waals surface area contributed by atoms with E-state index in [-0.39, 0.29) is 6.61 Å². The number of hydrogen-bond donors (Lipinski definition) is 2. The standard InChI is InChI=1S/C25H30N3O/c1-27(2)23-13-7-20(8-14-23)25(21-9-15-24(16-10-21)28(3)4)19-5-11-22(12-6-19)26-17-18-29/h5-16,26,29H,17-18H2,1-4H3/q-1. The molecule has 0 saturated heterocycles. The molecule has 3 rings (SSSR count). The molecule has 0 spiro atoms. The number of aliphatic hydroxyl groups excluding tert-OH is 1.